The monoisotopic (exact) mass is 382 g/mol. The summed E-state index contributed by atoms with van der Waals surface area (Å²) in [5.74, 6) is 0.627. The lowest BCUT2D eigenvalue weighted by molar-refractivity contribution is -0.123. The van der Waals surface area contributed by atoms with Crippen molar-refractivity contribution in [3.63, 3.8) is 0 Å². The van der Waals surface area contributed by atoms with Crippen molar-refractivity contribution in [1.29, 1.82) is 5.26 Å². The zero-order valence-electron chi connectivity index (χ0n) is 12.9. The molecule has 1 amide bonds. The van der Waals surface area contributed by atoms with Gasteiger partial charge in [-0.15, -0.1) is 0 Å². The molecule has 6 nitrogen and oxygen atoms in total. The van der Waals surface area contributed by atoms with E-state index in [1.165, 1.54) is 0 Å². The Hall–Kier alpha value is -1.78. The highest BCUT2D eigenvalue weighted by Crippen LogP contribution is 2.36. The second-order valence-electron chi connectivity index (χ2n) is 5.06. The second kappa shape index (κ2) is 8.75. The van der Waals surface area contributed by atoms with E-state index in [4.69, 9.17) is 19.5 Å². The average molecular weight is 383 g/mol. The van der Waals surface area contributed by atoms with E-state index in [0.29, 0.717) is 34.7 Å². The van der Waals surface area contributed by atoms with E-state index in [2.05, 4.69) is 27.3 Å². The van der Waals surface area contributed by atoms with E-state index in [1.54, 1.807) is 12.1 Å². The fourth-order valence-electron chi connectivity index (χ4n) is 2.26. The summed E-state index contributed by atoms with van der Waals surface area (Å²) in [5.41, 5.74) is 0.454. The van der Waals surface area contributed by atoms with Crippen molar-refractivity contribution >= 4 is 21.8 Å². The van der Waals surface area contributed by atoms with Gasteiger partial charge in [0.25, 0.3) is 5.91 Å². The summed E-state index contributed by atoms with van der Waals surface area (Å²) in [6, 6.07) is 5.27. The molecule has 1 aliphatic rings. The first-order chi connectivity index (χ1) is 11.1. The lowest BCUT2D eigenvalue weighted by Crippen LogP contribution is -2.35. The molecular formula is C16H19BrN2O4. The Bertz CT molecular complexity index is 594. The van der Waals surface area contributed by atoms with E-state index in [9.17, 15) is 4.79 Å². The molecular weight excluding hydrogens is 364 g/mol. The number of nitriles is 1. The highest BCUT2D eigenvalue weighted by Gasteiger charge is 2.17. The van der Waals surface area contributed by atoms with Crippen molar-refractivity contribution in [1.82, 2.24) is 5.32 Å². The smallest absolute Gasteiger partial charge is 0.258 e. The van der Waals surface area contributed by atoms with Crippen LogP contribution in [0.5, 0.6) is 11.5 Å². The largest absolute Gasteiger partial charge is 0.490 e. The van der Waals surface area contributed by atoms with Crippen molar-refractivity contribution in [2.75, 3.05) is 26.4 Å². The first kappa shape index (κ1) is 17.6. The number of ether oxygens (including phenoxy) is 3. The lowest BCUT2D eigenvalue weighted by atomic mass is 10.2. The number of benzene rings is 1. The first-order valence-corrected chi connectivity index (χ1v) is 8.31. The molecule has 124 valence electrons. The fourth-order valence-corrected chi connectivity index (χ4v) is 2.81. The molecule has 2 rings (SSSR count). The normalized spacial score (nSPS) is 16.7. The van der Waals surface area contributed by atoms with Crippen molar-refractivity contribution in [3.8, 4) is 17.6 Å². The van der Waals surface area contributed by atoms with Gasteiger partial charge in [-0.05, 0) is 41.8 Å². The van der Waals surface area contributed by atoms with Gasteiger partial charge in [0.2, 0.25) is 0 Å². The number of amides is 1. The Balaban J connectivity index is 1.93. The van der Waals surface area contributed by atoms with Gasteiger partial charge in [0.1, 0.15) is 0 Å². The van der Waals surface area contributed by atoms with Crippen LogP contribution in [0.25, 0.3) is 0 Å². The molecule has 1 aliphatic heterocycles. The van der Waals surface area contributed by atoms with Gasteiger partial charge in [0.15, 0.2) is 18.1 Å². The van der Waals surface area contributed by atoms with E-state index in [-0.39, 0.29) is 18.6 Å². The van der Waals surface area contributed by atoms with Crippen molar-refractivity contribution in [2.45, 2.75) is 25.9 Å². The second-order valence-corrected chi connectivity index (χ2v) is 5.91. The Labute approximate surface area is 143 Å². The number of nitrogens with one attached hydrogen (secondary N) is 1. The zero-order chi connectivity index (χ0) is 16.7. The predicted octanol–water partition coefficient (Wildman–Crippen LogP) is 2.39. The molecule has 1 aromatic carbocycles. The van der Waals surface area contributed by atoms with E-state index < -0.39 is 0 Å². The van der Waals surface area contributed by atoms with Crippen LogP contribution < -0.4 is 14.8 Å². The van der Waals surface area contributed by atoms with Crippen LogP contribution in [-0.4, -0.2) is 38.4 Å². The summed E-state index contributed by atoms with van der Waals surface area (Å²) in [6.07, 6.45) is 2.10. The topological polar surface area (TPSA) is 80.6 Å². The summed E-state index contributed by atoms with van der Waals surface area (Å²) in [6.45, 7) is 3.40. The lowest BCUT2D eigenvalue weighted by Gasteiger charge is -2.15. The highest BCUT2D eigenvalue weighted by atomic mass is 79.9. The maximum atomic E-state index is 11.9. The Morgan fingerprint density at radius 3 is 3.00 bits per heavy atom. The van der Waals surface area contributed by atoms with Gasteiger partial charge in [-0.2, -0.15) is 5.26 Å². The number of hydrogen-bond acceptors (Lipinski definition) is 5. The number of hydrogen-bond donors (Lipinski definition) is 1. The van der Waals surface area contributed by atoms with Crippen LogP contribution in [-0.2, 0) is 9.53 Å². The molecule has 1 aromatic rings. The van der Waals surface area contributed by atoms with Crippen LogP contribution in [0.4, 0.5) is 0 Å². The molecule has 1 unspecified atom stereocenters. The summed E-state index contributed by atoms with van der Waals surface area (Å²) in [4.78, 5) is 11.9. The third-order valence-electron chi connectivity index (χ3n) is 3.34. The molecule has 1 saturated heterocycles. The van der Waals surface area contributed by atoms with Crippen molar-refractivity contribution < 1.29 is 19.0 Å². The minimum Gasteiger partial charge on any atom is -0.490 e. The van der Waals surface area contributed by atoms with Crippen LogP contribution in [0, 0.1) is 11.3 Å². The number of carbonyl (C=O) groups excluding carboxylic acids is 1. The Morgan fingerprint density at radius 2 is 2.35 bits per heavy atom. The minimum absolute atomic E-state index is 0.0968. The molecule has 1 atom stereocenters. The number of rotatable bonds is 7. The minimum atomic E-state index is -0.223. The Kier molecular flexibility index (Phi) is 6.68. The number of halogens is 1. The number of nitrogens with zero attached hydrogens (tertiary/aromatic N) is 1. The SMILES string of the molecule is CCOc1cc(C#N)cc(Br)c1OCC(=O)NCC1CCCO1. The quantitative estimate of drug-likeness (QED) is 0.782. The standard InChI is InChI=1S/C16H19BrN2O4/c1-2-21-14-7-11(8-18)6-13(17)16(14)23-10-15(20)19-9-12-4-3-5-22-12/h6-7,12H,2-5,9-10H2,1H3,(H,19,20). The summed E-state index contributed by atoms with van der Waals surface area (Å²) >= 11 is 3.34. The molecule has 0 bridgehead atoms. The summed E-state index contributed by atoms with van der Waals surface area (Å²) in [5, 5.41) is 11.8. The predicted molar refractivity (Wildman–Crippen MR) is 87.5 cm³/mol. The van der Waals surface area contributed by atoms with Crippen LogP contribution in [0.2, 0.25) is 0 Å². The van der Waals surface area contributed by atoms with Gasteiger partial charge >= 0.3 is 0 Å². The molecule has 23 heavy (non-hydrogen) atoms. The van der Waals surface area contributed by atoms with Gasteiger partial charge in [0.05, 0.1) is 28.8 Å². The molecule has 0 spiro atoms. The molecule has 1 fully saturated rings. The molecule has 1 N–H and O–H groups in total. The van der Waals surface area contributed by atoms with Gasteiger partial charge in [0, 0.05) is 19.2 Å². The third kappa shape index (κ3) is 5.12. The first-order valence-electron chi connectivity index (χ1n) is 7.51. The summed E-state index contributed by atoms with van der Waals surface area (Å²) in [7, 11) is 0. The van der Waals surface area contributed by atoms with Crippen LogP contribution in [0.15, 0.2) is 16.6 Å². The highest BCUT2D eigenvalue weighted by molar-refractivity contribution is 9.10. The fraction of sp³-hybridized carbons (Fsp3) is 0.500. The molecule has 0 aliphatic carbocycles. The van der Waals surface area contributed by atoms with Crippen LogP contribution >= 0.6 is 15.9 Å². The van der Waals surface area contributed by atoms with Gasteiger partial charge in [-0.25, -0.2) is 0 Å². The maximum Gasteiger partial charge on any atom is 0.258 e. The van der Waals surface area contributed by atoms with Gasteiger partial charge in [-0.1, -0.05) is 0 Å². The molecule has 1 heterocycles. The maximum absolute atomic E-state index is 11.9. The van der Waals surface area contributed by atoms with E-state index in [0.717, 1.165) is 19.4 Å². The van der Waals surface area contributed by atoms with Gasteiger partial charge in [-0.3, -0.25) is 4.79 Å². The van der Waals surface area contributed by atoms with E-state index >= 15 is 0 Å². The van der Waals surface area contributed by atoms with Crippen LogP contribution in [0.3, 0.4) is 0 Å². The molecule has 7 heteroatoms. The third-order valence-corrected chi connectivity index (χ3v) is 3.93. The van der Waals surface area contributed by atoms with Crippen molar-refractivity contribution in [2.24, 2.45) is 0 Å². The van der Waals surface area contributed by atoms with Gasteiger partial charge < -0.3 is 19.5 Å². The average Bonchev–Trinajstić information content (AvgIpc) is 3.05. The molecule has 0 saturated carbocycles. The summed E-state index contributed by atoms with van der Waals surface area (Å²) < 4.78 is 17.1. The van der Waals surface area contributed by atoms with Crippen molar-refractivity contribution in [3.05, 3.63) is 22.2 Å². The van der Waals surface area contributed by atoms with Crippen LogP contribution in [0.1, 0.15) is 25.3 Å². The zero-order valence-corrected chi connectivity index (χ0v) is 14.5. The number of carbonyl (C=O) groups is 1. The molecule has 0 radical (unpaired) electrons. The Morgan fingerprint density at radius 1 is 1.52 bits per heavy atom. The van der Waals surface area contributed by atoms with E-state index in [1.807, 2.05) is 6.92 Å². The molecule has 0 aromatic heterocycles.